The maximum absolute atomic E-state index is 2.44. The molecule has 1 saturated carbocycles. The van der Waals surface area contributed by atoms with Crippen LogP contribution in [0.1, 0.15) is 59.8 Å². The zero-order valence-corrected chi connectivity index (χ0v) is 9.19. The highest BCUT2D eigenvalue weighted by molar-refractivity contribution is 4.76. The van der Waals surface area contributed by atoms with E-state index in [9.17, 15) is 0 Å². The van der Waals surface area contributed by atoms with Gasteiger partial charge in [-0.2, -0.15) is 0 Å². The molecule has 0 amide bonds. The maximum atomic E-state index is 2.44. The summed E-state index contributed by atoms with van der Waals surface area (Å²) in [5, 5.41) is 0. The first kappa shape index (κ1) is 10.1. The number of hydrogen-bond acceptors (Lipinski definition) is 0. The van der Waals surface area contributed by atoms with E-state index in [0.717, 1.165) is 11.8 Å². The van der Waals surface area contributed by atoms with Crippen LogP contribution < -0.4 is 0 Å². The van der Waals surface area contributed by atoms with Gasteiger partial charge in [-0.1, -0.05) is 53.4 Å². The average molecular weight is 168 g/mol. The molecule has 0 nitrogen and oxygen atoms in total. The highest BCUT2D eigenvalue weighted by atomic mass is 14.3. The lowest BCUT2D eigenvalue weighted by Gasteiger charge is -2.33. The van der Waals surface area contributed by atoms with Gasteiger partial charge in [0.1, 0.15) is 0 Å². The van der Waals surface area contributed by atoms with Crippen molar-refractivity contribution in [2.24, 2.45) is 17.3 Å². The number of rotatable bonds is 1. The van der Waals surface area contributed by atoms with E-state index in [1.807, 2.05) is 0 Å². The Morgan fingerprint density at radius 1 is 1.08 bits per heavy atom. The van der Waals surface area contributed by atoms with Gasteiger partial charge < -0.3 is 0 Å². The van der Waals surface area contributed by atoms with E-state index in [-0.39, 0.29) is 0 Å². The smallest absolute Gasteiger partial charge is 0.0380 e. The summed E-state index contributed by atoms with van der Waals surface area (Å²) in [6, 6.07) is 0. The topological polar surface area (TPSA) is 0 Å². The molecule has 0 aliphatic heterocycles. The minimum atomic E-state index is 0.538. The minimum absolute atomic E-state index is 0.538. The molecule has 0 N–H and O–H groups in total. The SMILES string of the molecule is C[C@@H]1CCCC[C@H]1CC(C)(C)C. The molecular formula is C12H24. The van der Waals surface area contributed by atoms with Crippen molar-refractivity contribution in [1.29, 1.82) is 0 Å². The van der Waals surface area contributed by atoms with Crippen molar-refractivity contribution in [1.82, 2.24) is 0 Å². The highest BCUT2D eigenvalue weighted by Gasteiger charge is 2.25. The van der Waals surface area contributed by atoms with Crippen molar-refractivity contribution in [3.05, 3.63) is 0 Å². The Kier molecular flexibility index (Phi) is 3.20. The molecular weight excluding hydrogens is 144 g/mol. The molecule has 0 heterocycles. The lowest BCUT2D eigenvalue weighted by atomic mass is 9.72. The van der Waals surface area contributed by atoms with Crippen molar-refractivity contribution in [2.45, 2.75) is 59.8 Å². The first-order valence-electron chi connectivity index (χ1n) is 5.49. The van der Waals surface area contributed by atoms with Crippen LogP contribution in [-0.2, 0) is 0 Å². The molecule has 0 aromatic carbocycles. The Morgan fingerprint density at radius 3 is 2.17 bits per heavy atom. The van der Waals surface area contributed by atoms with Crippen LogP contribution in [0, 0.1) is 17.3 Å². The van der Waals surface area contributed by atoms with Crippen molar-refractivity contribution in [3.8, 4) is 0 Å². The van der Waals surface area contributed by atoms with Crippen molar-refractivity contribution >= 4 is 0 Å². The van der Waals surface area contributed by atoms with E-state index in [4.69, 9.17) is 0 Å². The molecule has 0 heteroatoms. The van der Waals surface area contributed by atoms with Gasteiger partial charge in [0.25, 0.3) is 0 Å². The molecule has 2 atom stereocenters. The summed E-state index contributed by atoms with van der Waals surface area (Å²) in [6.45, 7) is 9.55. The fourth-order valence-corrected chi connectivity index (χ4v) is 2.48. The fraction of sp³-hybridized carbons (Fsp3) is 1.00. The molecule has 1 rings (SSSR count). The minimum Gasteiger partial charge on any atom is -0.0622 e. The summed E-state index contributed by atoms with van der Waals surface area (Å²) in [5.74, 6) is 2.00. The monoisotopic (exact) mass is 168 g/mol. The molecule has 1 aliphatic carbocycles. The summed E-state index contributed by atoms with van der Waals surface area (Å²) < 4.78 is 0. The van der Waals surface area contributed by atoms with Gasteiger partial charge in [0.2, 0.25) is 0 Å². The normalized spacial score (nSPS) is 32.0. The third-order valence-corrected chi connectivity index (χ3v) is 3.16. The molecule has 0 spiro atoms. The van der Waals surface area contributed by atoms with Crippen LogP contribution in [0.15, 0.2) is 0 Å². The second-order valence-corrected chi connectivity index (χ2v) is 5.79. The molecule has 12 heavy (non-hydrogen) atoms. The van der Waals surface area contributed by atoms with Crippen LogP contribution in [0.3, 0.4) is 0 Å². The van der Waals surface area contributed by atoms with Crippen molar-refractivity contribution < 1.29 is 0 Å². The largest absolute Gasteiger partial charge is 0.0622 e. The van der Waals surface area contributed by atoms with Gasteiger partial charge in [-0.25, -0.2) is 0 Å². The van der Waals surface area contributed by atoms with Gasteiger partial charge in [0.15, 0.2) is 0 Å². The molecule has 1 fully saturated rings. The lowest BCUT2D eigenvalue weighted by Crippen LogP contribution is -2.22. The van der Waals surface area contributed by atoms with E-state index in [1.54, 1.807) is 0 Å². The summed E-state index contributed by atoms with van der Waals surface area (Å²) in [7, 11) is 0. The first-order chi connectivity index (χ1) is 5.49. The Balaban J connectivity index is 2.39. The van der Waals surface area contributed by atoms with Gasteiger partial charge in [-0.3, -0.25) is 0 Å². The van der Waals surface area contributed by atoms with Crippen LogP contribution >= 0.6 is 0 Å². The lowest BCUT2D eigenvalue weighted by molar-refractivity contribution is 0.180. The van der Waals surface area contributed by atoms with Crippen LogP contribution in [0.2, 0.25) is 0 Å². The Labute approximate surface area is 77.7 Å². The molecule has 0 saturated heterocycles. The van der Waals surface area contributed by atoms with E-state index < -0.39 is 0 Å². The summed E-state index contributed by atoms with van der Waals surface area (Å²) >= 11 is 0. The molecule has 0 bridgehead atoms. The van der Waals surface area contributed by atoms with Crippen LogP contribution in [0.5, 0.6) is 0 Å². The first-order valence-corrected chi connectivity index (χ1v) is 5.49. The van der Waals surface area contributed by atoms with Gasteiger partial charge in [-0.05, 0) is 23.7 Å². The zero-order valence-electron chi connectivity index (χ0n) is 9.19. The van der Waals surface area contributed by atoms with E-state index in [1.165, 1.54) is 32.1 Å². The quantitative estimate of drug-likeness (QED) is 0.549. The summed E-state index contributed by atoms with van der Waals surface area (Å²) in [5.41, 5.74) is 0.538. The molecule has 0 aromatic heterocycles. The second-order valence-electron chi connectivity index (χ2n) is 5.79. The fourth-order valence-electron chi connectivity index (χ4n) is 2.48. The second kappa shape index (κ2) is 3.81. The van der Waals surface area contributed by atoms with Gasteiger partial charge in [0, 0.05) is 0 Å². The van der Waals surface area contributed by atoms with E-state index in [0.29, 0.717) is 5.41 Å². The third-order valence-electron chi connectivity index (χ3n) is 3.16. The predicted octanol–water partition coefficient (Wildman–Crippen LogP) is 4.25. The summed E-state index contributed by atoms with van der Waals surface area (Å²) in [6.07, 6.45) is 7.33. The van der Waals surface area contributed by atoms with E-state index >= 15 is 0 Å². The Hall–Kier alpha value is 0. The third kappa shape index (κ3) is 3.16. The molecule has 0 aromatic rings. The molecule has 0 radical (unpaired) electrons. The van der Waals surface area contributed by atoms with Crippen LogP contribution in [-0.4, -0.2) is 0 Å². The Bertz CT molecular complexity index is 129. The highest BCUT2D eigenvalue weighted by Crippen LogP contribution is 2.37. The average Bonchev–Trinajstić information content (AvgIpc) is 1.91. The van der Waals surface area contributed by atoms with Gasteiger partial charge in [0.05, 0.1) is 0 Å². The van der Waals surface area contributed by atoms with Crippen molar-refractivity contribution in [2.75, 3.05) is 0 Å². The number of hydrogen-bond donors (Lipinski definition) is 0. The standard InChI is InChI=1S/C12H24/c1-10-7-5-6-8-11(10)9-12(2,3)4/h10-11H,5-9H2,1-4H3/t10-,11+/m1/s1. The van der Waals surface area contributed by atoms with E-state index in [2.05, 4.69) is 27.7 Å². The zero-order chi connectivity index (χ0) is 9.19. The van der Waals surface area contributed by atoms with Crippen LogP contribution in [0.4, 0.5) is 0 Å². The van der Waals surface area contributed by atoms with Crippen molar-refractivity contribution in [3.63, 3.8) is 0 Å². The van der Waals surface area contributed by atoms with Crippen LogP contribution in [0.25, 0.3) is 0 Å². The van der Waals surface area contributed by atoms with Gasteiger partial charge in [-0.15, -0.1) is 0 Å². The molecule has 0 unspecified atom stereocenters. The maximum Gasteiger partial charge on any atom is -0.0380 e. The molecule has 1 aliphatic rings. The Morgan fingerprint density at radius 2 is 1.67 bits per heavy atom. The molecule has 72 valence electrons. The summed E-state index contributed by atoms with van der Waals surface area (Å²) in [4.78, 5) is 0. The predicted molar refractivity (Wildman–Crippen MR) is 55.2 cm³/mol. The van der Waals surface area contributed by atoms with Gasteiger partial charge >= 0.3 is 0 Å².